The maximum absolute atomic E-state index is 12.0. The molecular formula is C14H18N2O4S3. The predicted octanol–water partition coefficient (Wildman–Crippen LogP) is 1.62. The van der Waals surface area contributed by atoms with E-state index in [4.69, 9.17) is 5.14 Å². The molecule has 126 valence electrons. The van der Waals surface area contributed by atoms with Gasteiger partial charge in [-0.05, 0) is 49.6 Å². The second-order valence-corrected chi connectivity index (χ2v) is 9.90. The van der Waals surface area contributed by atoms with Crippen LogP contribution >= 0.6 is 11.3 Å². The summed E-state index contributed by atoms with van der Waals surface area (Å²) in [5.74, 6) is 0. The molecule has 23 heavy (non-hydrogen) atoms. The topological polar surface area (TPSA) is 106 Å². The van der Waals surface area contributed by atoms with E-state index in [1.54, 1.807) is 24.3 Å². The average Bonchev–Trinajstić information content (AvgIpc) is 2.91. The van der Waals surface area contributed by atoms with Crippen LogP contribution in [0.1, 0.15) is 16.9 Å². The lowest BCUT2D eigenvalue weighted by Gasteiger charge is -2.05. The molecule has 0 spiro atoms. The van der Waals surface area contributed by atoms with Gasteiger partial charge in [-0.25, -0.2) is 26.7 Å². The van der Waals surface area contributed by atoms with Crippen LogP contribution in [0.2, 0.25) is 0 Å². The molecular weight excluding hydrogens is 356 g/mol. The van der Waals surface area contributed by atoms with Gasteiger partial charge in [0.15, 0.2) is 0 Å². The predicted molar refractivity (Wildman–Crippen MR) is 90.4 cm³/mol. The summed E-state index contributed by atoms with van der Waals surface area (Å²) in [6, 6.07) is 9.61. The number of hydrogen-bond donors (Lipinski definition) is 2. The van der Waals surface area contributed by atoms with Gasteiger partial charge in [0.2, 0.25) is 20.0 Å². The van der Waals surface area contributed by atoms with Crippen LogP contribution in [0.5, 0.6) is 0 Å². The Morgan fingerprint density at radius 1 is 1.04 bits per heavy atom. The minimum Gasteiger partial charge on any atom is -0.225 e. The molecule has 0 fully saturated rings. The number of hydrogen-bond acceptors (Lipinski definition) is 5. The largest absolute Gasteiger partial charge is 0.250 e. The van der Waals surface area contributed by atoms with Crippen molar-refractivity contribution in [3.63, 3.8) is 0 Å². The molecule has 0 amide bonds. The summed E-state index contributed by atoms with van der Waals surface area (Å²) in [5, 5.41) is 5.03. The number of rotatable bonds is 7. The zero-order valence-electron chi connectivity index (χ0n) is 12.5. The Kier molecular flexibility index (Phi) is 5.58. The van der Waals surface area contributed by atoms with Gasteiger partial charge in [0.1, 0.15) is 4.21 Å². The van der Waals surface area contributed by atoms with Crippen LogP contribution in [-0.4, -0.2) is 23.4 Å². The molecule has 0 saturated heterocycles. The van der Waals surface area contributed by atoms with Crippen LogP contribution in [0.15, 0.2) is 45.5 Å². The smallest absolute Gasteiger partial charge is 0.225 e. The molecule has 0 bridgehead atoms. The summed E-state index contributed by atoms with van der Waals surface area (Å²) in [5.41, 5.74) is 0.920. The lowest BCUT2D eigenvalue weighted by molar-refractivity contribution is 0.581. The highest BCUT2D eigenvalue weighted by Crippen LogP contribution is 2.20. The van der Waals surface area contributed by atoms with Crippen LogP contribution in [0, 0.1) is 6.92 Å². The van der Waals surface area contributed by atoms with Gasteiger partial charge in [0.25, 0.3) is 0 Å². The maximum atomic E-state index is 12.0. The summed E-state index contributed by atoms with van der Waals surface area (Å²) in [6.07, 6.45) is 1.25. The molecule has 2 rings (SSSR count). The molecule has 0 aliphatic heterocycles. The number of primary sulfonamides is 1. The number of nitrogens with one attached hydrogen (secondary N) is 1. The highest BCUT2D eigenvalue weighted by molar-refractivity contribution is 7.91. The zero-order chi connectivity index (χ0) is 17.1. The first-order chi connectivity index (χ1) is 10.7. The number of sulfonamides is 2. The molecule has 9 heteroatoms. The molecule has 0 unspecified atom stereocenters. The Balaban J connectivity index is 1.86. The lowest BCUT2D eigenvalue weighted by atomic mass is 10.1. The Labute approximate surface area is 140 Å². The van der Waals surface area contributed by atoms with Gasteiger partial charge in [-0.3, -0.25) is 0 Å². The number of benzene rings is 1. The van der Waals surface area contributed by atoms with E-state index >= 15 is 0 Å². The first-order valence-electron chi connectivity index (χ1n) is 6.86. The van der Waals surface area contributed by atoms with E-state index in [0.29, 0.717) is 23.6 Å². The zero-order valence-corrected chi connectivity index (χ0v) is 15.0. The monoisotopic (exact) mass is 374 g/mol. The van der Waals surface area contributed by atoms with Crippen LogP contribution in [0.25, 0.3) is 0 Å². The third kappa shape index (κ3) is 5.11. The molecule has 0 aliphatic rings. The van der Waals surface area contributed by atoms with Crippen molar-refractivity contribution in [3.8, 4) is 0 Å². The van der Waals surface area contributed by atoms with E-state index in [0.717, 1.165) is 10.4 Å². The first-order valence-corrected chi connectivity index (χ1v) is 10.7. The van der Waals surface area contributed by atoms with E-state index in [2.05, 4.69) is 4.72 Å². The summed E-state index contributed by atoms with van der Waals surface area (Å²) < 4.78 is 49.2. The van der Waals surface area contributed by atoms with Crippen LogP contribution in [0.4, 0.5) is 0 Å². The fraction of sp³-hybridized carbons (Fsp3) is 0.286. The molecule has 0 radical (unpaired) electrons. The Hall–Kier alpha value is -1.26. The summed E-state index contributed by atoms with van der Waals surface area (Å²) in [6.45, 7) is 2.17. The molecule has 1 heterocycles. The van der Waals surface area contributed by atoms with Gasteiger partial charge < -0.3 is 0 Å². The minimum atomic E-state index is -3.68. The van der Waals surface area contributed by atoms with Gasteiger partial charge in [-0.1, -0.05) is 12.1 Å². The molecule has 0 saturated carbocycles. The highest BCUT2D eigenvalue weighted by Gasteiger charge is 2.15. The van der Waals surface area contributed by atoms with Gasteiger partial charge in [0, 0.05) is 11.4 Å². The van der Waals surface area contributed by atoms with Crippen molar-refractivity contribution < 1.29 is 16.8 Å². The van der Waals surface area contributed by atoms with Gasteiger partial charge in [-0.15, -0.1) is 11.3 Å². The normalized spacial score (nSPS) is 12.4. The number of nitrogens with two attached hydrogens (primary N) is 1. The van der Waals surface area contributed by atoms with Crippen LogP contribution in [-0.2, 0) is 26.5 Å². The minimum absolute atomic E-state index is 0.0648. The SMILES string of the molecule is Cc1ccc(S(=O)(=O)NCCCc2ccc(S(N)(=O)=O)cc2)s1. The standard InChI is InChI=1S/C14H18N2O4S3/c1-11-4-9-14(21-11)23(19,20)16-10-2-3-12-5-7-13(8-6-12)22(15,17)18/h4-9,16H,2-3,10H2,1H3,(H2,15,17,18). The molecule has 2 aromatic rings. The Morgan fingerprint density at radius 3 is 2.22 bits per heavy atom. The lowest BCUT2D eigenvalue weighted by Crippen LogP contribution is -2.24. The Morgan fingerprint density at radius 2 is 1.70 bits per heavy atom. The number of thiophene rings is 1. The molecule has 1 aromatic carbocycles. The summed E-state index contributed by atoms with van der Waals surface area (Å²) in [4.78, 5) is 1.01. The fourth-order valence-electron chi connectivity index (χ4n) is 1.97. The van der Waals surface area contributed by atoms with Crippen molar-refractivity contribution in [2.45, 2.75) is 28.9 Å². The third-order valence-electron chi connectivity index (χ3n) is 3.17. The summed E-state index contributed by atoms with van der Waals surface area (Å²) in [7, 11) is -7.13. The van der Waals surface area contributed by atoms with E-state index in [-0.39, 0.29) is 4.90 Å². The molecule has 0 atom stereocenters. The van der Waals surface area contributed by atoms with E-state index in [9.17, 15) is 16.8 Å². The van der Waals surface area contributed by atoms with Gasteiger partial charge in [0.05, 0.1) is 4.90 Å². The second kappa shape index (κ2) is 7.10. The Bertz CT molecular complexity index is 869. The van der Waals surface area contributed by atoms with Crippen molar-refractivity contribution in [1.82, 2.24) is 4.72 Å². The van der Waals surface area contributed by atoms with Crippen molar-refractivity contribution in [3.05, 3.63) is 46.8 Å². The molecule has 0 aliphatic carbocycles. The highest BCUT2D eigenvalue weighted by atomic mass is 32.2. The third-order valence-corrected chi connectivity index (χ3v) is 7.05. The number of aryl methyl sites for hydroxylation is 2. The fourth-order valence-corrected chi connectivity index (χ4v) is 4.89. The summed E-state index contributed by atoms with van der Waals surface area (Å²) >= 11 is 1.23. The second-order valence-electron chi connectivity index (χ2n) is 5.06. The van der Waals surface area contributed by atoms with Crippen molar-refractivity contribution in [1.29, 1.82) is 0 Å². The van der Waals surface area contributed by atoms with Crippen molar-refractivity contribution >= 4 is 31.4 Å². The van der Waals surface area contributed by atoms with Crippen molar-refractivity contribution in [2.75, 3.05) is 6.54 Å². The van der Waals surface area contributed by atoms with Crippen LogP contribution in [0.3, 0.4) is 0 Å². The molecule has 6 nitrogen and oxygen atoms in total. The van der Waals surface area contributed by atoms with E-state index < -0.39 is 20.0 Å². The first kappa shape index (κ1) is 18.1. The van der Waals surface area contributed by atoms with E-state index in [1.165, 1.54) is 23.5 Å². The molecule has 1 aromatic heterocycles. The molecule has 3 N–H and O–H groups in total. The van der Waals surface area contributed by atoms with Gasteiger partial charge >= 0.3 is 0 Å². The van der Waals surface area contributed by atoms with Crippen LogP contribution < -0.4 is 9.86 Å². The quantitative estimate of drug-likeness (QED) is 0.718. The van der Waals surface area contributed by atoms with E-state index in [1.807, 2.05) is 6.92 Å². The maximum Gasteiger partial charge on any atom is 0.250 e. The van der Waals surface area contributed by atoms with Gasteiger partial charge in [-0.2, -0.15) is 0 Å². The van der Waals surface area contributed by atoms with Crippen molar-refractivity contribution in [2.24, 2.45) is 5.14 Å². The average molecular weight is 375 g/mol.